The maximum Gasteiger partial charge on any atom is 0.128 e. The Morgan fingerprint density at radius 3 is 2.71 bits per heavy atom. The molecule has 0 fully saturated rings. The van der Waals surface area contributed by atoms with Crippen LogP contribution in [0, 0.1) is 5.82 Å². The zero-order valence-electron chi connectivity index (χ0n) is 10.2. The summed E-state index contributed by atoms with van der Waals surface area (Å²) in [6.07, 6.45) is 1.67. The first-order chi connectivity index (χ1) is 8.10. The molecular weight excluding hydrogens is 285 g/mol. The van der Waals surface area contributed by atoms with E-state index in [0.29, 0.717) is 12.2 Å². The summed E-state index contributed by atoms with van der Waals surface area (Å²) in [4.78, 5) is 0. The van der Waals surface area contributed by atoms with Gasteiger partial charge in [-0.1, -0.05) is 29.3 Å². The highest BCUT2D eigenvalue weighted by Gasteiger charge is 2.22. The van der Waals surface area contributed by atoms with Crippen molar-refractivity contribution >= 4 is 15.9 Å². The fraction of sp³-hybridized carbons (Fsp3) is 0.538. The molecular formula is C13H19BrFNO. The average Bonchev–Trinajstić information content (AvgIpc) is 2.31. The number of rotatable bonds is 6. The molecule has 1 rings (SSSR count). The van der Waals surface area contributed by atoms with Crippen LogP contribution in [0.5, 0.6) is 0 Å². The van der Waals surface area contributed by atoms with E-state index < -0.39 is 6.04 Å². The molecule has 0 bridgehead atoms. The molecule has 96 valence electrons. The van der Waals surface area contributed by atoms with Crippen LogP contribution in [0.3, 0.4) is 0 Å². The Bertz CT molecular complexity index is 353. The summed E-state index contributed by atoms with van der Waals surface area (Å²) >= 11 is 3.33. The van der Waals surface area contributed by atoms with Crippen molar-refractivity contribution in [3.05, 3.63) is 34.1 Å². The lowest BCUT2D eigenvalue weighted by Crippen LogP contribution is -2.29. The van der Waals surface area contributed by atoms with Gasteiger partial charge in [0.25, 0.3) is 0 Å². The standard InChI is InChI=1S/C13H19BrFNO/c1-3-5-12(17-4-2)13(16)10-8-9(14)6-7-11(10)15/h6-8,12-13H,3-5,16H2,1-2H3. The van der Waals surface area contributed by atoms with Gasteiger partial charge >= 0.3 is 0 Å². The van der Waals surface area contributed by atoms with Crippen molar-refractivity contribution in [3.63, 3.8) is 0 Å². The fourth-order valence-electron chi connectivity index (χ4n) is 1.84. The minimum absolute atomic E-state index is 0.131. The van der Waals surface area contributed by atoms with Gasteiger partial charge in [-0.05, 0) is 31.5 Å². The molecule has 0 spiro atoms. The Morgan fingerprint density at radius 1 is 1.41 bits per heavy atom. The van der Waals surface area contributed by atoms with Gasteiger partial charge in [0.1, 0.15) is 5.82 Å². The van der Waals surface area contributed by atoms with Crippen molar-refractivity contribution in [2.45, 2.75) is 38.8 Å². The van der Waals surface area contributed by atoms with Crippen LogP contribution in [0.15, 0.2) is 22.7 Å². The van der Waals surface area contributed by atoms with Gasteiger partial charge in [-0.3, -0.25) is 0 Å². The van der Waals surface area contributed by atoms with Crippen LogP contribution in [0.4, 0.5) is 4.39 Å². The van der Waals surface area contributed by atoms with Gasteiger partial charge in [0.15, 0.2) is 0 Å². The lowest BCUT2D eigenvalue weighted by molar-refractivity contribution is 0.0366. The third kappa shape index (κ3) is 4.05. The van der Waals surface area contributed by atoms with Crippen LogP contribution < -0.4 is 5.73 Å². The topological polar surface area (TPSA) is 35.2 Å². The number of hydrogen-bond acceptors (Lipinski definition) is 2. The predicted molar refractivity (Wildman–Crippen MR) is 71.4 cm³/mol. The highest BCUT2D eigenvalue weighted by Crippen LogP contribution is 2.25. The van der Waals surface area contributed by atoms with E-state index in [-0.39, 0.29) is 11.9 Å². The number of hydrogen-bond donors (Lipinski definition) is 1. The van der Waals surface area contributed by atoms with Gasteiger partial charge in [0.2, 0.25) is 0 Å². The molecule has 0 aromatic heterocycles. The van der Waals surface area contributed by atoms with Crippen LogP contribution in [0.25, 0.3) is 0 Å². The summed E-state index contributed by atoms with van der Waals surface area (Å²) in [6.45, 7) is 4.58. The highest BCUT2D eigenvalue weighted by atomic mass is 79.9. The highest BCUT2D eigenvalue weighted by molar-refractivity contribution is 9.10. The summed E-state index contributed by atoms with van der Waals surface area (Å²) in [7, 11) is 0. The Kier molecular flexibility index (Phi) is 6.09. The summed E-state index contributed by atoms with van der Waals surface area (Å²) in [5.74, 6) is -0.276. The molecule has 17 heavy (non-hydrogen) atoms. The van der Waals surface area contributed by atoms with E-state index in [4.69, 9.17) is 10.5 Å². The number of halogens is 2. The Labute approximate surface area is 110 Å². The van der Waals surface area contributed by atoms with Crippen molar-refractivity contribution < 1.29 is 9.13 Å². The van der Waals surface area contributed by atoms with E-state index in [1.54, 1.807) is 12.1 Å². The quantitative estimate of drug-likeness (QED) is 0.867. The van der Waals surface area contributed by atoms with Crippen LogP contribution >= 0.6 is 15.9 Å². The first-order valence-electron chi connectivity index (χ1n) is 5.92. The second-order valence-corrected chi connectivity index (χ2v) is 4.89. The van der Waals surface area contributed by atoms with E-state index in [9.17, 15) is 4.39 Å². The fourth-order valence-corrected chi connectivity index (χ4v) is 2.21. The van der Waals surface area contributed by atoms with E-state index in [1.807, 2.05) is 6.92 Å². The summed E-state index contributed by atoms with van der Waals surface area (Å²) in [5.41, 5.74) is 6.60. The normalized spacial score (nSPS) is 14.6. The molecule has 2 atom stereocenters. The predicted octanol–water partition coefficient (Wildman–Crippen LogP) is 3.79. The average molecular weight is 304 g/mol. The van der Waals surface area contributed by atoms with Crippen molar-refractivity contribution in [1.29, 1.82) is 0 Å². The van der Waals surface area contributed by atoms with E-state index in [2.05, 4.69) is 22.9 Å². The molecule has 0 aliphatic rings. The van der Waals surface area contributed by atoms with E-state index in [0.717, 1.165) is 17.3 Å². The van der Waals surface area contributed by atoms with Crippen molar-refractivity contribution in [1.82, 2.24) is 0 Å². The molecule has 2 unspecified atom stereocenters. The van der Waals surface area contributed by atoms with Crippen molar-refractivity contribution in [3.8, 4) is 0 Å². The second kappa shape index (κ2) is 7.09. The van der Waals surface area contributed by atoms with Crippen LogP contribution in [0.2, 0.25) is 0 Å². The Balaban J connectivity index is 2.91. The van der Waals surface area contributed by atoms with Gasteiger partial charge in [-0.2, -0.15) is 0 Å². The molecule has 1 aromatic carbocycles. The molecule has 0 aliphatic carbocycles. The molecule has 2 nitrogen and oxygen atoms in total. The Morgan fingerprint density at radius 2 is 2.12 bits per heavy atom. The zero-order valence-corrected chi connectivity index (χ0v) is 11.8. The largest absolute Gasteiger partial charge is 0.377 e. The lowest BCUT2D eigenvalue weighted by Gasteiger charge is -2.24. The summed E-state index contributed by atoms with van der Waals surface area (Å²) in [6, 6.07) is 4.39. The van der Waals surface area contributed by atoms with Crippen molar-refractivity contribution in [2.75, 3.05) is 6.61 Å². The monoisotopic (exact) mass is 303 g/mol. The molecule has 0 saturated carbocycles. The van der Waals surface area contributed by atoms with E-state index in [1.165, 1.54) is 6.07 Å². The third-order valence-corrected chi connectivity index (χ3v) is 3.16. The van der Waals surface area contributed by atoms with Crippen LogP contribution in [-0.4, -0.2) is 12.7 Å². The number of benzene rings is 1. The molecule has 4 heteroatoms. The summed E-state index contributed by atoms with van der Waals surface area (Å²) in [5, 5.41) is 0. The van der Waals surface area contributed by atoms with Gasteiger partial charge in [-0.25, -0.2) is 4.39 Å². The molecule has 0 aliphatic heterocycles. The first-order valence-corrected chi connectivity index (χ1v) is 6.71. The number of nitrogens with two attached hydrogens (primary N) is 1. The SMILES string of the molecule is CCCC(OCC)C(N)c1cc(Br)ccc1F. The zero-order chi connectivity index (χ0) is 12.8. The molecule has 2 N–H and O–H groups in total. The minimum Gasteiger partial charge on any atom is -0.377 e. The second-order valence-electron chi connectivity index (χ2n) is 3.97. The van der Waals surface area contributed by atoms with Gasteiger partial charge < -0.3 is 10.5 Å². The first kappa shape index (κ1) is 14.6. The van der Waals surface area contributed by atoms with Crippen molar-refractivity contribution in [2.24, 2.45) is 5.73 Å². The maximum absolute atomic E-state index is 13.7. The molecule has 0 radical (unpaired) electrons. The molecule has 0 heterocycles. The van der Waals surface area contributed by atoms with Gasteiger partial charge in [0.05, 0.1) is 12.1 Å². The number of ether oxygens (including phenoxy) is 1. The molecule has 0 amide bonds. The molecule has 1 aromatic rings. The molecule has 0 saturated heterocycles. The lowest BCUT2D eigenvalue weighted by atomic mass is 9.98. The van der Waals surface area contributed by atoms with Gasteiger partial charge in [0, 0.05) is 16.6 Å². The van der Waals surface area contributed by atoms with Crippen LogP contribution in [-0.2, 0) is 4.74 Å². The third-order valence-electron chi connectivity index (χ3n) is 2.67. The van der Waals surface area contributed by atoms with Gasteiger partial charge in [-0.15, -0.1) is 0 Å². The summed E-state index contributed by atoms with van der Waals surface area (Å²) < 4.78 is 20.1. The van der Waals surface area contributed by atoms with Crippen LogP contribution in [0.1, 0.15) is 38.3 Å². The minimum atomic E-state index is -0.424. The Hall–Kier alpha value is -0.450. The maximum atomic E-state index is 13.7. The van der Waals surface area contributed by atoms with E-state index >= 15 is 0 Å². The smallest absolute Gasteiger partial charge is 0.128 e.